The van der Waals surface area contributed by atoms with Gasteiger partial charge in [0.25, 0.3) is 0 Å². The normalized spacial score (nSPS) is 17.2. The second-order valence-electron chi connectivity index (χ2n) is 9.12. The predicted molar refractivity (Wildman–Crippen MR) is 137 cm³/mol. The second-order valence-corrected chi connectivity index (χ2v) is 9.52. The summed E-state index contributed by atoms with van der Waals surface area (Å²) in [4.78, 5) is 19.7. The summed E-state index contributed by atoms with van der Waals surface area (Å²) in [6.45, 7) is 6.87. The molecular formula is C27H30ClN5O. The first-order valence-corrected chi connectivity index (χ1v) is 12.4. The van der Waals surface area contributed by atoms with Crippen molar-refractivity contribution >= 4 is 29.0 Å². The number of amides is 1. The molecule has 0 N–H and O–H groups in total. The number of para-hydroxylation sites is 1. The molecule has 0 radical (unpaired) electrons. The smallest absolute Gasteiger partial charge is 0.225 e. The number of rotatable bonds is 4. The van der Waals surface area contributed by atoms with Crippen LogP contribution in [0.1, 0.15) is 18.4 Å². The van der Waals surface area contributed by atoms with Crippen LogP contribution in [0, 0.1) is 12.8 Å². The molecule has 0 atom stereocenters. The van der Waals surface area contributed by atoms with Crippen molar-refractivity contribution in [3.63, 3.8) is 0 Å². The zero-order chi connectivity index (χ0) is 23.5. The van der Waals surface area contributed by atoms with Gasteiger partial charge in [0.1, 0.15) is 0 Å². The SMILES string of the molecule is Cc1ccccc1-c1ccc(N2CCC(C(=O)N3CCN(c4ccccc4Cl)CC3)CC2)nn1. The fourth-order valence-electron chi connectivity index (χ4n) is 4.99. The number of piperazine rings is 1. The van der Waals surface area contributed by atoms with Crippen LogP contribution >= 0.6 is 11.6 Å². The number of halogens is 1. The molecule has 1 amide bonds. The molecule has 2 saturated heterocycles. The first-order chi connectivity index (χ1) is 16.6. The third kappa shape index (κ3) is 4.73. The molecule has 2 aliphatic rings. The molecular weight excluding hydrogens is 446 g/mol. The fraction of sp³-hybridized carbons (Fsp3) is 0.370. The molecule has 1 aromatic heterocycles. The highest BCUT2D eigenvalue weighted by atomic mass is 35.5. The third-order valence-electron chi connectivity index (χ3n) is 7.02. The van der Waals surface area contributed by atoms with E-state index >= 15 is 0 Å². The van der Waals surface area contributed by atoms with Gasteiger partial charge in [-0.15, -0.1) is 10.2 Å². The van der Waals surface area contributed by atoms with Crippen LogP contribution in [0.25, 0.3) is 11.3 Å². The monoisotopic (exact) mass is 475 g/mol. The van der Waals surface area contributed by atoms with E-state index in [1.165, 1.54) is 5.56 Å². The Morgan fingerprint density at radius 3 is 2.21 bits per heavy atom. The summed E-state index contributed by atoms with van der Waals surface area (Å²) >= 11 is 6.35. The number of anilines is 2. The number of carbonyl (C=O) groups excluding carboxylic acids is 1. The molecule has 6 nitrogen and oxygen atoms in total. The summed E-state index contributed by atoms with van der Waals surface area (Å²) in [5.41, 5.74) is 4.25. The highest BCUT2D eigenvalue weighted by Crippen LogP contribution is 2.28. The topological polar surface area (TPSA) is 52.6 Å². The number of benzene rings is 2. The molecule has 0 spiro atoms. The Kier molecular flexibility index (Phi) is 6.68. The van der Waals surface area contributed by atoms with Crippen molar-refractivity contribution < 1.29 is 4.79 Å². The van der Waals surface area contributed by atoms with Crippen molar-refractivity contribution in [3.05, 3.63) is 71.2 Å². The molecule has 0 bridgehead atoms. The fourth-order valence-corrected chi connectivity index (χ4v) is 5.24. The summed E-state index contributed by atoms with van der Waals surface area (Å²) < 4.78 is 0. The van der Waals surface area contributed by atoms with Gasteiger partial charge in [0.2, 0.25) is 5.91 Å². The number of hydrogen-bond donors (Lipinski definition) is 0. The highest BCUT2D eigenvalue weighted by Gasteiger charge is 2.31. The van der Waals surface area contributed by atoms with Crippen molar-refractivity contribution in [1.29, 1.82) is 0 Å². The maximum absolute atomic E-state index is 13.2. The average Bonchev–Trinajstić information content (AvgIpc) is 2.89. The Hall–Kier alpha value is -3.12. The summed E-state index contributed by atoms with van der Waals surface area (Å²) in [5, 5.41) is 9.73. The second kappa shape index (κ2) is 10.0. The zero-order valence-electron chi connectivity index (χ0n) is 19.5. The van der Waals surface area contributed by atoms with Crippen LogP contribution in [0.2, 0.25) is 5.02 Å². The van der Waals surface area contributed by atoms with Gasteiger partial charge in [-0.1, -0.05) is 48.0 Å². The third-order valence-corrected chi connectivity index (χ3v) is 7.34. The van der Waals surface area contributed by atoms with Gasteiger partial charge in [-0.2, -0.15) is 0 Å². The lowest BCUT2D eigenvalue weighted by Crippen LogP contribution is -2.51. The summed E-state index contributed by atoms with van der Waals surface area (Å²) in [6, 6.07) is 20.2. The molecule has 7 heteroatoms. The van der Waals surface area contributed by atoms with Crippen molar-refractivity contribution in [1.82, 2.24) is 15.1 Å². The first kappa shape index (κ1) is 22.7. The van der Waals surface area contributed by atoms with E-state index < -0.39 is 0 Å². The lowest BCUT2D eigenvalue weighted by molar-refractivity contribution is -0.136. The minimum absolute atomic E-state index is 0.0855. The molecule has 5 rings (SSSR count). The van der Waals surface area contributed by atoms with Crippen LogP contribution in [0.4, 0.5) is 11.5 Å². The van der Waals surface area contributed by atoms with Gasteiger partial charge < -0.3 is 14.7 Å². The highest BCUT2D eigenvalue weighted by molar-refractivity contribution is 6.33. The van der Waals surface area contributed by atoms with Crippen molar-refractivity contribution in [3.8, 4) is 11.3 Å². The van der Waals surface area contributed by atoms with Crippen molar-refractivity contribution in [2.75, 3.05) is 49.1 Å². The van der Waals surface area contributed by atoms with Gasteiger partial charge in [0, 0.05) is 50.7 Å². The number of hydrogen-bond acceptors (Lipinski definition) is 5. The number of nitrogens with zero attached hydrogens (tertiary/aromatic N) is 5. The van der Waals surface area contributed by atoms with E-state index in [1.54, 1.807) is 0 Å². The Balaban J connectivity index is 1.14. The predicted octanol–water partition coefficient (Wildman–Crippen LogP) is 4.67. The summed E-state index contributed by atoms with van der Waals surface area (Å²) in [7, 11) is 0. The quantitative estimate of drug-likeness (QED) is 0.548. The zero-order valence-corrected chi connectivity index (χ0v) is 20.3. The lowest BCUT2D eigenvalue weighted by atomic mass is 9.95. The van der Waals surface area contributed by atoms with Gasteiger partial charge in [-0.25, -0.2) is 0 Å². The molecule has 3 heterocycles. The number of aryl methyl sites for hydroxylation is 1. The Labute approximate surface area is 206 Å². The van der Waals surface area contributed by atoms with E-state index in [1.807, 2.05) is 53.4 Å². The molecule has 34 heavy (non-hydrogen) atoms. The Morgan fingerprint density at radius 1 is 0.824 bits per heavy atom. The van der Waals surface area contributed by atoms with E-state index in [-0.39, 0.29) is 5.92 Å². The molecule has 2 fully saturated rings. The molecule has 0 unspecified atom stereocenters. The van der Waals surface area contributed by atoms with Crippen LogP contribution in [0.15, 0.2) is 60.7 Å². The van der Waals surface area contributed by atoms with Gasteiger partial charge in [0.05, 0.1) is 16.4 Å². The standard InChI is InChI=1S/C27H30ClN5O/c1-20-6-2-3-7-22(20)24-10-11-26(30-29-24)32-14-12-21(13-15-32)27(34)33-18-16-31(17-19-33)25-9-5-4-8-23(25)28/h2-11,21H,12-19H2,1H3. The minimum Gasteiger partial charge on any atom is -0.367 e. The minimum atomic E-state index is 0.0855. The van der Waals surface area contributed by atoms with Gasteiger partial charge >= 0.3 is 0 Å². The van der Waals surface area contributed by atoms with Gasteiger partial charge in [-0.3, -0.25) is 4.79 Å². The van der Waals surface area contributed by atoms with Gasteiger partial charge in [-0.05, 0) is 49.6 Å². The molecule has 2 aromatic carbocycles. The maximum atomic E-state index is 13.2. The van der Waals surface area contributed by atoms with E-state index in [9.17, 15) is 4.79 Å². The Bertz CT molecular complexity index is 1140. The molecule has 0 aliphatic carbocycles. The first-order valence-electron chi connectivity index (χ1n) is 12.0. The van der Waals surface area contributed by atoms with E-state index in [4.69, 9.17) is 11.6 Å². The van der Waals surface area contributed by atoms with Crippen molar-refractivity contribution in [2.45, 2.75) is 19.8 Å². The average molecular weight is 476 g/mol. The van der Waals surface area contributed by atoms with Crippen LogP contribution in [0.5, 0.6) is 0 Å². The van der Waals surface area contributed by atoms with Crippen LogP contribution < -0.4 is 9.80 Å². The largest absolute Gasteiger partial charge is 0.367 e. The number of piperidine rings is 1. The van der Waals surface area contributed by atoms with Crippen LogP contribution in [0.3, 0.4) is 0 Å². The summed E-state index contributed by atoms with van der Waals surface area (Å²) in [6.07, 6.45) is 1.70. The van der Waals surface area contributed by atoms with Crippen molar-refractivity contribution in [2.24, 2.45) is 5.92 Å². The molecule has 2 aliphatic heterocycles. The summed E-state index contributed by atoms with van der Waals surface area (Å²) in [5.74, 6) is 1.26. The number of aromatic nitrogens is 2. The number of carbonyl (C=O) groups is 1. The van der Waals surface area contributed by atoms with E-state index in [0.29, 0.717) is 5.91 Å². The van der Waals surface area contributed by atoms with Crippen LogP contribution in [-0.2, 0) is 4.79 Å². The molecule has 176 valence electrons. The molecule has 3 aromatic rings. The van der Waals surface area contributed by atoms with Gasteiger partial charge in [0.15, 0.2) is 5.82 Å². The lowest BCUT2D eigenvalue weighted by Gasteiger charge is -2.39. The van der Waals surface area contributed by atoms with Crippen LogP contribution in [-0.4, -0.2) is 60.3 Å². The molecule has 0 saturated carbocycles. The van der Waals surface area contributed by atoms with E-state index in [0.717, 1.165) is 79.9 Å². The van der Waals surface area contributed by atoms with E-state index in [2.05, 4.69) is 39.1 Å². The Morgan fingerprint density at radius 2 is 1.53 bits per heavy atom. The maximum Gasteiger partial charge on any atom is 0.225 e.